The summed E-state index contributed by atoms with van der Waals surface area (Å²) in [5.41, 5.74) is 8.76. The quantitative estimate of drug-likeness (QED) is 0.854. The van der Waals surface area contributed by atoms with E-state index in [-0.39, 0.29) is 4.90 Å². The van der Waals surface area contributed by atoms with Gasteiger partial charge in [-0.1, -0.05) is 35.9 Å². The number of sulfonamides is 1. The molecule has 0 saturated carbocycles. The lowest BCUT2D eigenvalue weighted by molar-refractivity contribution is -0.117. The van der Waals surface area contributed by atoms with Crippen molar-refractivity contribution in [2.24, 2.45) is 5.73 Å². The molecule has 0 aromatic heterocycles. The zero-order chi connectivity index (χ0) is 18.8. The number of carbonyl (C=O) groups is 1. The Balaban J connectivity index is 2.25. The number of carbonyl (C=O) groups excluding carboxylic acids is 1. The van der Waals surface area contributed by atoms with Crippen molar-refractivity contribution in [1.82, 2.24) is 4.31 Å². The first kappa shape index (κ1) is 19.1. The maximum Gasteiger partial charge on any atom is 0.245 e. The summed E-state index contributed by atoms with van der Waals surface area (Å²) in [7, 11) is -0.661. The van der Waals surface area contributed by atoms with Crippen LogP contribution in [0.15, 0.2) is 47.4 Å². The Bertz CT molecular complexity index is 875. The standard InChI is InChI=1S/C18H23N3O3S/c1-12-5-8-14(9-6-12)17(19)18(22)20-15-10-7-13(2)16(11-15)25(23,24)21(3)4/h5-11,17H,19H2,1-4H3,(H,20,22). The van der Waals surface area contributed by atoms with Crippen LogP contribution in [-0.4, -0.2) is 32.7 Å². The van der Waals surface area contributed by atoms with E-state index in [1.807, 2.05) is 19.1 Å². The molecule has 2 aromatic rings. The molecule has 3 N–H and O–H groups in total. The second kappa shape index (κ2) is 7.35. The number of nitrogens with zero attached hydrogens (tertiary/aromatic N) is 1. The Hall–Kier alpha value is -2.22. The van der Waals surface area contributed by atoms with Crippen molar-refractivity contribution in [3.8, 4) is 0 Å². The number of aryl methyl sites for hydroxylation is 2. The van der Waals surface area contributed by atoms with Gasteiger partial charge in [-0.25, -0.2) is 12.7 Å². The minimum Gasteiger partial charge on any atom is -0.324 e. The number of hydrogen-bond acceptors (Lipinski definition) is 4. The van der Waals surface area contributed by atoms with Crippen molar-refractivity contribution in [3.05, 3.63) is 59.2 Å². The topological polar surface area (TPSA) is 92.5 Å². The number of hydrogen-bond donors (Lipinski definition) is 2. The molecule has 0 aliphatic carbocycles. The van der Waals surface area contributed by atoms with Crippen LogP contribution in [0.1, 0.15) is 22.7 Å². The van der Waals surface area contributed by atoms with E-state index >= 15 is 0 Å². The van der Waals surface area contributed by atoms with Gasteiger partial charge < -0.3 is 11.1 Å². The average Bonchev–Trinajstić information content (AvgIpc) is 2.56. The van der Waals surface area contributed by atoms with Gasteiger partial charge in [0, 0.05) is 19.8 Å². The van der Waals surface area contributed by atoms with Crippen LogP contribution in [0, 0.1) is 13.8 Å². The zero-order valence-corrected chi connectivity index (χ0v) is 15.6. The smallest absolute Gasteiger partial charge is 0.245 e. The van der Waals surface area contributed by atoms with Gasteiger partial charge in [-0.2, -0.15) is 0 Å². The number of rotatable bonds is 5. The highest BCUT2D eigenvalue weighted by molar-refractivity contribution is 7.89. The van der Waals surface area contributed by atoms with Crippen LogP contribution in [0.3, 0.4) is 0 Å². The van der Waals surface area contributed by atoms with Gasteiger partial charge in [0.2, 0.25) is 15.9 Å². The van der Waals surface area contributed by atoms with Gasteiger partial charge in [-0.3, -0.25) is 4.79 Å². The van der Waals surface area contributed by atoms with Gasteiger partial charge in [-0.15, -0.1) is 0 Å². The fraction of sp³-hybridized carbons (Fsp3) is 0.278. The van der Waals surface area contributed by atoms with E-state index in [0.717, 1.165) is 9.87 Å². The molecule has 6 nitrogen and oxygen atoms in total. The van der Waals surface area contributed by atoms with E-state index in [4.69, 9.17) is 5.73 Å². The van der Waals surface area contributed by atoms with Crippen LogP contribution < -0.4 is 11.1 Å². The molecule has 0 saturated heterocycles. The molecule has 2 aromatic carbocycles. The second-order valence-electron chi connectivity index (χ2n) is 6.15. The van der Waals surface area contributed by atoms with E-state index in [0.29, 0.717) is 16.8 Å². The highest BCUT2D eigenvalue weighted by Crippen LogP contribution is 2.23. The maximum atomic E-state index is 12.4. The van der Waals surface area contributed by atoms with E-state index in [1.165, 1.54) is 20.2 Å². The summed E-state index contributed by atoms with van der Waals surface area (Å²) in [5.74, 6) is -0.402. The predicted molar refractivity (Wildman–Crippen MR) is 98.8 cm³/mol. The molecule has 0 bridgehead atoms. The molecule has 0 aliphatic rings. The molecule has 0 heterocycles. The van der Waals surface area contributed by atoms with Crippen LogP contribution >= 0.6 is 0 Å². The summed E-state index contributed by atoms with van der Waals surface area (Å²) >= 11 is 0. The first-order valence-corrected chi connectivity index (χ1v) is 9.23. The summed E-state index contributed by atoms with van der Waals surface area (Å²) in [4.78, 5) is 12.5. The summed E-state index contributed by atoms with van der Waals surface area (Å²) in [6, 6.07) is 11.3. The Labute approximate surface area is 148 Å². The lowest BCUT2D eigenvalue weighted by Gasteiger charge is -2.16. The Kier molecular flexibility index (Phi) is 5.62. The summed E-state index contributed by atoms with van der Waals surface area (Å²) in [5, 5.41) is 2.69. The van der Waals surface area contributed by atoms with E-state index < -0.39 is 22.0 Å². The predicted octanol–water partition coefficient (Wildman–Crippen LogP) is 2.19. The van der Waals surface area contributed by atoms with Gasteiger partial charge in [0.25, 0.3) is 0 Å². The van der Waals surface area contributed by atoms with Crippen molar-refractivity contribution in [1.29, 1.82) is 0 Å². The van der Waals surface area contributed by atoms with Crippen LogP contribution in [0.2, 0.25) is 0 Å². The van der Waals surface area contributed by atoms with Crippen molar-refractivity contribution in [2.45, 2.75) is 24.8 Å². The van der Waals surface area contributed by atoms with Gasteiger partial charge in [-0.05, 0) is 37.1 Å². The molecule has 1 unspecified atom stereocenters. The molecule has 134 valence electrons. The van der Waals surface area contributed by atoms with Crippen LogP contribution in [-0.2, 0) is 14.8 Å². The number of benzene rings is 2. The Morgan fingerprint density at radius 3 is 2.24 bits per heavy atom. The fourth-order valence-corrected chi connectivity index (χ4v) is 3.44. The van der Waals surface area contributed by atoms with Crippen LogP contribution in [0.25, 0.3) is 0 Å². The molecule has 0 aliphatic heterocycles. The number of amides is 1. The summed E-state index contributed by atoms with van der Waals surface area (Å²) < 4.78 is 25.9. The average molecular weight is 361 g/mol. The first-order chi connectivity index (χ1) is 11.6. The van der Waals surface area contributed by atoms with Gasteiger partial charge in [0.05, 0.1) is 4.90 Å². The first-order valence-electron chi connectivity index (χ1n) is 7.79. The molecule has 1 atom stereocenters. The molecule has 1 amide bonds. The largest absolute Gasteiger partial charge is 0.324 e. The van der Waals surface area contributed by atoms with E-state index in [1.54, 1.807) is 31.2 Å². The highest BCUT2D eigenvalue weighted by Gasteiger charge is 2.21. The number of anilines is 1. The third kappa shape index (κ3) is 4.25. The van der Waals surface area contributed by atoms with Crippen molar-refractivity contribution in [3.63, 3.8) is 0 Å². The number of nitrogens with one attached hydrogen (secondary N) is 1. The minimum atomic E-state index is -3.59. The molecule has 25 heavy (non-hydrogen) atoms. The van der Waals surface area contributed by atoms with Gasteiger partial charge >= 0.3 is 0 Å². The number of nitrogens with two attached hydrogens (primary N) is 1. The van der Waals surface area contributed by atoms with Crippen molar-refractivity contribution >= 4 is 21.6 Å². The second-order valence-corrected chi connectivity index (χ2v) is 8.27. The highest BCUT2D eigenvalue weighted by atomic mass is 32.2. The van der Waals surface area contributed by atoms with Crippen LogP contribution in [0.5, 0.6) is 0 Å². The van der Waals surface area contributed by atoms with Gasteiger partial charge in [0.1, 0.15) is 6.04 Å². The lowest BCUT2D eigenvalue weighted by Crippen LogP contribution is -2.28. The SMILES string of the molecule is Cc1ccc(C(N)C(=O)Nc2ccc(C)c(S(=O)(=O)N(C)C)c2)cc1. The fourth-order valence-electron chi connectivity index (χ4n) is 2.30. The summed E-state index contributed by atoms with van der Waals surface area (Å²) in [6.07, 6.45) is 0. The Morgan fingerprint density at radius 1 is 1.08 bits per heavy atom. The normalized spacial score (nSPS) is 12.9. The lowest BCUT2D eigenvalue weighted by atomic mass is 10.1. The Morgan fingerprint density at radius 2 is 1.68 bits per heavy atom. The molecular weight excluding hydrogens is 338 g/mol. The van der Waals surface area contributed by atoms with Crippen molar-refractivity contribution < 1.29 is 13.2 Å². The molecule has 0 radical (unpaired) electrons. The zero-order valence-electron chi connectivity index (χ0n) is 14.8. The molecular formula is C18H23N3O3S. The molecule has 7 heteroatoms. The molecule has 0 spiro atoms. The van der Waals surface area contributed by atoms with E-state index in [2.05, 4.69) is 5.32 Å². The minimum absolute atomic E-state index is 0.152. The molecule has 2 rings (SSSR count). The van der Waals surface area contributed by atoms with Crippen molar-refractivity contribution in [2.75, 3.05) is 19.4 Å². The van der Waals surface area contributed by atoms with E-state index in [9.17, 15) is 13.2 Å². The summed E-state index contributed by atoms with van der Waals surface area (Å²) in [6.45, 7) is 3.66. The van der Waals surface area contributed by atoms with Crippen LogP contribution in [0.4, 0.5) is 5.69 Å². The third-order valence-corrected chi connectivity index (χ3v) is 5.89. The monoisotopic (exact) mass is 361 g/mol. The maximum absolute atomic E-state index is 12.4. The molecule has 0 fully saturated rings. The third-order valence-electron chi connectivity index (χ3n) is 3.93. The van der Waals surface area contributed by atoms with Gasteiger partial charge in [0.15, 0.2) is 0 Å².